The molecule has 0 spiro atoms. The lowest BCUT2D eigenvalue weighted by Crippen LogP contribution is -2.30. The molecule has 0 fully saturated rings. The summed E-state index contributed by atoms with van der Waals surface area (Å²) >= 11 is 0. The summed E-state index contributed by atoms with van der Waals surface area (Å²) in [5.74, 6) is 0.806. The van der Waals surface area contributed by atoms with E-state index in [1.165, 1.54) is 128 Å². The summed E-state index contributed by atoms with van der Waals surface area (Å²) in [5.41, 5.74) is 0. The quantitative estimate of drug-likeness (QED) is 0.0222. The smallest absolute Gasteiger partial charge is 0.462 e. The van der Waals surface area contributed by atoms with E-state index in [1.807, 2.05) is 0 Å². The molecule has 17 nitrogen and oxygen atoms in total. The van der Waals surface area contributed by atoms with E-state index in [9.17, 15) is 43.2 Å². The maximum absolute atomic E-state index is 13.0. The highest BCUT2D eigenvalue weighted by molar-refractivity contribution is 7.47. The molecule has 516 valence electrons. The summed E-state index contributed by atoms with van der Waals surface area (Å²) in [4.78, 5) is 72.3. The number of aliphatic hydroxyl groups excluding tert-OH is 1. The number of carbonyl (C=O) groups excluding carboxylic acids is 4. The summed E-state index contributed by atoms with van der Waals surface area (Å²) in [7, 11) is -9.89. The first-order valence-corrected chi connectivity index (χ1v) is 38.3. The van der Waals surface area contributed by atoms with E-state index in [0.29, 0.717) is 37.5 Å². The average molecular weight is 1280 g/mol. The number of ether oxygens (including phenoxy) is 4. The molecule has 3 N–H and O–H groups in total. The van der Waals surface area contributed by atoms with Crippen LogP contribution in [0.3, 0.4) is 0 Å². The molecule has 0 radical (unpaired) electrons. The third-order valence-electron chi connectivity index (χ3n) is 16.3. The van der Waals surface area contributed by atoms with Gasteiger partial charge in [-0.3, -0.25) is 37.3 Å². The van der Waals surface area contributed by atoms with Crippen LogP contribution in [0.5, 0.6) is 0 Å². The second-order valence-corrected chi connectivity index (χ2v) is 28.9. The number of aliphatic hydroxyl groups is 1. The van der Waals surface area contributed by atoms with Gasteiger partial charge in [0, 0.05) is 25.7 Å². The molecule has 19 heteroatoms. The Balaban J connectivity index is 5.18. The lowest BCUT2D eigenvalue weighted by molar-refractivity contribution is -0.161. The normalized spacial score (nSPS) is 15.0. The number of esters is 4. The van der Waals surface area contributed by atoms with Crippen molar-refractivity contribution in [1.29, 1.82) is 0 Å². The van der Waals surface area contributed by atoms with Gasteiger partial charge >= 0.3 is 39.5 Å². The van der Waals surface area contributed by atoms with E-state index in [2.05, 4.69) is 55.4 Å². The van der Waals surface area contributed by atoms with E-state index < -0.39 is 97.5 Å². The number of unbranched alkanes of at least 4 members (excludes halogenated alkanes) is 29. The van der Waals surface area contributed by atoms with E-state index >= 15 is 0 Å². The fourth-order valence-corrected chi connectivity index (χ4v) is 11.7. The van der Waals surface area contributed by atoms with Crippen LogP contribution in [-0.2, 0) is 65.4 Å². The monoisotopic (exact) mass is 1280 g/mol. The lowest BCUT2D eigenvalue weighted by atomic mass is 9.99. The first-order chi connectivity index (χ1) is 41.7. The Kier molecular flexibility index (Phi) is 56.6. The van der Waals surface area contributed by atoms with Gasteiger partial charge in [0.15, 0.2) is 12.2 Å². The maximum Gasteiger partial charge on any atom is 0.472 e. The van der Waals surface area contributed by atoms with Crippen molar-refractivity contribution in [2.24, 2.45) is 23.7 Å². The summed E-state index contributed by atoms with van der Waals surface area (Å²) in [5, 5.41) is 10.6. The molecule has 0 aliphatic carbocycles. The van der Waals surface area contributed by atoms with Crippen LogP contribution in [0.15, 0.2) is 0 Å². The predicted octanol–water partition coefficient (Wildman–Crippen LogP) is 18.9. The zero-order valence-corrected chi connectivity index (χ0v) is 58.4. The minimum absolute atomic E-state index is 0.102. The highest BCUT2D eigenvalue weighted by atomic mass is 31.2. The molecule has 0 bridgehead atoms. The summed E-state index contributed by atoms with van der Waals surface area (Å²) in [6.07, 6.45) is 39.3. The molecule has 7 atom stereocenters. The van der Waals surface area contributed by atoms with E-state index in [1.54, 1.807) is 0 Å². The molecular formula is C68H132O17P2. The fourth-order valence-electron chi connectivity index (χ4n) is 10.1. The van der Waals surface area contributed by atoms with Gasteiger partial charge < -0.3 is 33.8 Å². The fraction of sp³-hybridized carbons (Fsp3) is 0.941. The Labute approximate surface area is 530 Å². The van der Waals surface area contributed by atoms with Crippen LogP contribution >= 0.6 is 15.6 Å². The maximum atomic E-state index is 13.0. The van der Waals surface area contributed by atoms with Crippen molar-refractivity contribution in [2.75, 3.05) is 39.6 Å². The SMILES string of the molecule is CCC(C)CCCCCCCCCCCCCCCCC(=O)OC[C@H](COP(=O)(O)OC[C@@H](O)COP(=O)(O)OC[C@@H](COC(=O)CCCCCCCCC(C)C)OC(=O)CCCCCCCCCC(C)C)OC(=O)CCCCCCCCC(C)CC. The molecule has 87 heavy (non-hydrogen) atoms. The van der Waals surface area contributed by atoms with Crippen molar-refractivity contribution in [3.05, 3.63) is 0 Å². The third kappa shape index (κ3) is 60.1. The van der Waals surface area contributed by atoms with E-state index in [0.717, 1.165) is 108 Å². The molecule has 0 aliphatic rings. The first kappa shape index (κ1) is 85.1. The van der Waals surface area contributed by atoms with Crippen LogP contribution in [0.2, 0.25) is 0 Å². The standard InChI is InChI=1S/C68H132O17P2/c1-9-60(7)46-38-30-21-17-15-13-11-12-14-16-18-22-32-40-48-65(70)78-54-64(85-68(73)51-43-35-27-25-31-39-47-61(8)10-2)57-83-87(76,77)81-53-62(69)52-80-86(74,75)82-56-63(55-79-66(71)49-41-33-26-24-29-37-45-59(5)6)84-67(72)50-42-34-23-19-20-28-36-44-58(3)4/h58-64,69H,9-57H2,1-8H3,(H,74,75)(H,76,77)/t60?,61?,62-,63+,64+/m0/s1. The zero-order chi connectivity index (χ0) is 64.7. The Morgan fingerprint density at radius 3 is 0.816 bits per heavy atom. The Morgan fingerprint density at radius 2 is 0.552 bits per heavy atom. The van der Waals surface area contributed by atoms with Gasteiger partial charge in [-0.1, -0.05) is 280 Å². The van der Waals surface area contributed by atoms with Gasteiger partial charge in [-0.15, -0.1) is 0 Å². The summed E-state index contributed by atoms with van der Waals surface area (Å²) in [6, 6.07) is 0. The first-order valence-electron chi connectivity index (χ1n) is 35.3. The third-order valence-corrected chi connectivity index (χ3v) is 18.2. The number of carbonyl (C=O) groups is 4. The van der Waals surface area contributed by atoms with Crippen molar-refractivity contribution in [2.45, 2.75) is 350 Å². The summed E-state index contributed by atoms with van der Waals surface area (Å²) < 4.78 is 68.1. The molecule has 0 aromatic heterocycles. The predicted molar refractivity (Wildman–Crippen MR) is 349 cm³/mol. The number of hydrogen-bond acceptors (Lipinski definition) is 15. The van der Waals surface area contributed by atoms with Crippen molar-refractivity contribution >= 4 is 39.5 Å². The van der Waals surface area contributed by atoms with Gasteiger partial charge in [0.05, 0.1) is 26.4 Å². The van der Waals surface area contributed by atoms with Crippen LogP contribution in [-0.4, -0.2) is 96.7 Å². The number of rotatable bonds is 65. The Hall–Kier alpha value is -1.94. The van der Waals surface area contributed by atoms with Gasteiger partial charge in [0.2, 0.25) is 0 Å². The van der Waals surface area contributed by atoms with E-state index in [-0.39, 0.29) is 25.7 Å². The molecule has 0 aromatic rings. The second kappa shape index (κ2) is 57.9. The molecule has 0 rings (SSSR count). The number of phosphoric acid groups is 2. The van der Waals surface area contributed by atoms with Gasteiger partial charge in [-0.25, -0.2) is 9.13 Å². The molecular weight excluding hydrogens is 1150 g/mol. The highest BCUT2D eigenvalue weighted by Gasteiger charge is 2.30. The van der Waals surface area contributed by atoms with Crippen LogP contribution in [0.25, 0.3) is 0 Å². The zero-order valence-electron chi connectivity index (χ0n) is 56.6. The molecule has 0 aliphatic heterocycles. The van der Waals surface area contributed by atoms with Crippen molar-refractivity contribution in [1.82, 2.24) is 0 Å². The minimum atomic E-state index is -4.95. The highest BCUT2D eigenvalue weighted by Crippen LogP contribution is 2.45. The second-order valence-electron chi connectivity index (χ2n) is 26.0. The van der Waals surface area contributed by atoms with Crippen LogP contribution in [0.4, 0.5) is 0 Å². The number of hydrogen-bond donors (Lipinski definition) is 3. The van der Waals surface area contributed by atoms with Crippen molar-refractivity contribution in [3.63, 3.8) is 0 Å². The Morgan fingerprint density at radius 1 is 0.322 bits per heavy atom. The molecule has 0 heterocycles. The largest absolute Gasteiger partial charge is 0.472 e. The molecule has 0 saturated carbocycles. The van der Waals surface area contributed by atoms with Gasteiger partial charge in [0.25, 0.3) is 0 Å². The van der Waals surface area contributed by atoms with Crippen LogP contribution < -0.4 is 0 Å². The van der Waals surface area contributed by atoms with Gasteiger partial charge in [-0.2, -0.15) is 0 Å². The molecule has 4 unspecified atom stereocenters. The number of phosphoric ester groups is 2. The van der Waals surface area contributed by atoms with Crippen LogP contribution in [0.1, 0.15) is 331 Å². The summed E-state index contributed by atoms with van der Waals surface area (Å²) in [6.45, 7) is 14.0. The Bertz CT molecular complexity index is 1730. The molecule has 0 aromatic carbocycles. The lowest BCUT2D eigenvalue weighted by Gasteiger charge is -2.21. The minimum Gasteiger partial charge on any atom is -0.462 e. The van der Waals surface area contributed by atoms with Crippen molar-refractivity contribution in [3.8, 4) is 0 Å². The van der Waals surface area contributed by atoms with Gasteiger partial charge in [0.1, 0.15) is 19.3 Å². The van der Waals surface area contributed by atoms with E-state index in [4.69, 9.17) is 37.0 Å². The molecule has 0 amide bonds. The van der Waals surface area contributed by atoms with Crippen molar-refractivity contribution < 1.29 is 80.2 Å². The van der Waals surface area contributed by atoms with Gasteiger partial charge in [-0.05, 0) is 49.4 Å². The molecule has 0 saturated heterocycles. The van der Waals surface area contributed by atoms with Crippen LogP contribution in [0, 0.1) is 23.7 Å². The average Bonchev–Trinajstić information content (AvgIpc) is 3.64. The topological polar surface area (TPSA) is 237 Å².